The molecule has 0 fully saturated rings. The molecule has 1 N–H and O–H groups in total. The number of carbonyl (C=O) groups excluding carboxylic acids is 2. The lowest BCUT2D eigenvalue weighted by molar-refractivity contribution is -0.151. The van der Waals surface area contributed by atoms with E-state index in [0.717, 1.165) is 6.42 Å². The van der Waals surface area contributed by atoms with E-state index in [-0.39, 0.29) is 5.91 Å². The maximum Gasteiger partial charge on any atom is 0.331 e. The number of nitrogens with one attached hydrogen (secondary N) is 1. The molecule has 6 nitrogen and oxygen atoms in total. The van der Waals surface area contributed by atoms with Crippen molar-refractivity contribution in [1.82, 2.24) is 15.1 Å². The Hall–Kier alpha value is -1.85. The molecular formula is C13H21N3O3. The van der Waals surface area contributed by atoms with Crippen LogP contribution in [0.5, 0.6) is 0 Å². The summed E-state index contributed by atoms with van der Waals surface area (Å²) < 4.78 is 6.30. The van der Waals surface area contributed by atoms with Gasteiger partial charge in [-0.2, -0.15) is 5.10 Å². The fraction of sp³-hybridized carbons (Fsp3) is 0.615. The van der Waals surface area contributed by atoms with Gasteiger partial charge in [-0.1, -0.05) is 13.3 Å². The molecule has 1 heterocycles. The van der Waals surface area contributed by atoms with Crippen molar-refractivity contribution in [3.8, 4) is 0 Å². The van der Waals surface area contributed by atoms with Crippen LogP contribution in [0.4, 0.5) is 0 Å². The van der Waals surface area contributed by atoms with Gasteiger partial charge in [0.2, 0.25) is 5.91 Å². The third-order valence-electron chi connectivity index (χ3n) is 3.09. The summed E-state index contributed by atoms with van der Waals surface area (Å²) in [6.07, 6.45) is 4.61. The molecule has 106 valence electrons. The third kappa shape index (κ3) is 3.56. The summed E-state index contributed by atoms with van der Waals surface area (Å²) in [7, 11) is 1.32. The maximum absolute atomic E-state index is 12.2. The van der Waals surface area contributed by atoms with E-state index in [9.17, 15) is 9.59 Å². The molecule has 1 aromatic rings. The topological polar surface area (TPSA) is 73.2 Å². The minimum atomic E-state index is -0.998. The van der Waals surface area contributed by atoms with Crippen molar-refractivity contribution < 1.29 is 14.3 Å². The second kappa shape index (κ2) is 6.36. The Balaban J connectivity index is 2.79. The fourth-order valence-electron chi connectivity index (χ4n) is 1.95. The SMILES string of the molecule is CCCC(C)(NC(=O)C(C)n1cccn1)C(=O)OC. The Morgan fingerprint density at radius 1 is 1.53 bits per heavy atom. The molecular weight excluding hydrogens is 246 g/mol. The Bertz CT molecular complexity index is 430. The molecule has 0 aliphatic rings. The number of esters is 1. The first-order valence-electron chi connectivity index (χ1n) is 6.34. The highest BCUT2D eigenvalue weighted by Gasteiger charge is 2.36. The van der Waals surface area contributed by atoms with Crippen LogP contribution in [-0.4, -0.2) is 34.3 Å². The standard InChI is InChI=1S/C13H21N3O3/c1-5-7-13(3,12(18)19-4)15-11(17)10(2)16-9-6-8-14-16/h6,8-10H,5,7H2,1-4H3,(H,15,17). The van der Waals surface area contributed by atoms with Crippen LogP contribution < -0.4 is 5.32 Å². The predicted octanol–water partition coefficient (Wildman–Crippen LogP) is 1.29. The Morgan fingerprint density at radius 3 is 2.68 bits per heavy atom. The van der Waals surface area contributed by atoms with Gasteiger partial charge in [-0.15, -0.1) is 0 Å². The first-order valence-corrected chi connectivity index (χ1v) is 6.34. The molecule has 0 aromatic carbocycles. The lowest BCUT2D eigenvalue weighted by Gasteiger charge is -2.29. The molecule has 1 aromatic heterocycles. The summed E-state index contributed by atoms with van der Waals surface area (Å²) in [4.78, 5) is 24.0. The molecule has 0 saturated carbocycles. The van der Waals surface area contributed by atoms with E-state index < -0.39 is 17.6 Å². The maximum atomic E-state index is 12.2. The summed E-state index contributed by atoms with van der Waals surface area (Å²) >= 11 is 0. The van der Waals surface area contributed by atoms with Crippen LogP contribution in [0.2, 0.25) is 0 Å². The van der Waals surface area contributed by atoms with Crippen LogP contribution in [0.1, 0.15) is 39.7 Å². The minimum absolute atomic E-state index is 0.259. The van der Waals surface area contributed by atoms with Gasteiger partial charge >= 0.3 is 5.97 Å². The Kier molecular flexibility index (Phi) is 5.09. The van der Waals surface area contributed by atoms with Crippen LogP contribution in [-0.2, 0) is 14.3 Å². The first-order chi connectivity index (χ1) is 8.94. The molecule has 0 spiro atoms. The number of carbonyl (C=O) groups is 2. The van der Waals surface area contributed by atoms with Gasteiger partial charge in [0.1, 0.15) is 11.6 Å². The second-order valence-electron chi connectivity index (χ2n) is 4.72. The van der Waals surface area contributed by atoms with Crippen LogP contribution in [0.15, 0.2) is 18.5 Å². The smallest absolute Gasteiger partial charge is 0.331 e. The molecule has 0 saturated heterocycles. The lowest BCUT2D eigenvalue weighted by atomic mass is 9.95. The molecule has 0 aliphatic carbocycles. The molecule has 2 unspecified atom stereocenters. The number of hydrogen-bond acceptors (Lipinski definition) is 4. The lowest BCUT2D eigenvalue weighted by Crippen LogP contribution is -2.54. The van der Waals surface area contributed by atoms with E-state index >= 15 is 0 Å². The average Bonchev–Trinajstić information content (AvgIpc) is 2.90. The summed E-state index contributed by atoms with van der Waals surface area (Å²) in [6.45, 7) is 5.35. The molecule has 1 rings (SSSR count). The zero-order chi connectivity index (χ0) is 14.5. The number of aromatic nitrogens is 2. The molecule has 1 amide bonds. The van der Waals surface area contributed by atoms with Crippen LogP contribution in [0, 0.1) is 0 Å². The zero-order valence-corrected chi connectivity index (χ0v) is 11.8. The van der Waals surface area contributed by atoms with Crippen LogP contribution in [0.3, 0.4) is 0 Å². The van der Waals surface area contributed by atoms with E-state index in [0.29, 0.717) is 6.42 Å². The van der Waals surface area contributed by atoms with Crippen molar-refractivity contribution in [2.45, 2.75) is 45.2 Å². The molecule has 0 aliphatic heterocycles. The summed E-state index contributed by atoms with van der Waals surface area (Å²) in [5.74, 6) is -0.694. The first kappa shape index (κ1) is 15.2. The van der Waals surface area contributed by atoms with Crippen molar-refractivity contribution in [3.05, 3.63) is 18.5 Å². The van der Waals surface area contributed by atoms with Crippen molar-refractivity contribution in [2.24, 2.45) is 0 Å². The van der Waals surface area contributed by atoms with Crippen molar-refractivity contribution in [2.75, 3.05) is 7.11 Å². The van der Waals surface area contributed by atoms with E-state index in [1.807, 2.05) is 6.92 Å². The molecule has 0 radical (unpaired) electrons. The van der Waals surface area contributed by atoms with Gasteiger partial charge in [0, 0.05) is 12.4 Å². The van der Waals surface area contributed by atoms with Gasteiger partial charge in [-0.25, -0.2) is 4.79 Å². The number of amides is 1. The number of rotatable bonds is 6. The van der Waals surface area contributed by atoms with Gasteiger partial charge < -0.3 is 10.1 Å². The predicted molar refractivity (Wildman–Crippen MR) is 70.4 cm³/mol. The van der Waals surface area contributed by atoms with Crippen molar-refractivity contribution in [1.29, 1.82) is 0 Å². The van der Waals surface area contributed by atoms with Gasteiger partial charge in [0.15, 0.2) is 0 Å². The van der Waals surface area contributed by atoms with Crippen molar-refractivity contribution in [3.63, 3.8) is 0 Å². The summed E-state index contributed by atoms with van der Waals surface area (Å²) in [6, 6.07) is 1.27. The van der Waals surface area contributed by atoms with Gasteiger partial charge in [0.05, 0.1) is 7.11 Å². The molecule has 0 bridgehead atoms. The fourth-order valence-corrected chi connectivity index (χ4v) is 1.95. The number of ether oxygens (including phenoxy) is 1. The van der Waals surface area contributed by atoms with Crippen molar-refractivity contribution >= 4 is 11.9 Å². The molecule has 6 heteroatoms. The van der Waals surface area contributed by atoms with E-state index in [4.69, 9.17) is 4.74 Å². The highest BCUT2D eigenvalue weighted by atomic mass is 16.5. The molecule has 19 heavy (non-hydrogen) atoms. The van der Waals surface area contributed by atoms with Gasteiger partial charge in [0.25, 0.3) is 0 Å². The quantitative estimate of drug-likeness (QED) is 0.788. The Morgan fingerprint density at radius 2 is 2.21 bits per heavy atom. The highest BCUT2D eigenvalue weighted by Crippen LogP contribution is 2.16. The monoisotopic (exact) mass is 267 g/mol. The van der Waals surface area contributed by atoms with E-state index in [1.165, 1.54) is 7.11 Å². The number of nitrogens with zero attached hydrogens (tertiary/aromatic N) is 2. The minimum Gasteiger partial charge on any atom is -0.467 e. The number of methoxy groups -OCH3 is 1. The third-order valence-corrected chi connectivity index (χ3v) is 3.09. The normalized spacial score (nSPS) is 15.4. The van der Waals surface area contributed by atoms with Crippen LogP contribution in [0.25, 0.3) is 0 Å². The highest BCUT2D eigenvalue weighted by molar-refractivity contribution is 5.89. The Labute approximate surface area is 113 Å². The van der Waals surface area contributed by atoms with E-state index in [1.54, 1.807) is 37.0 Å². The largest absolute Gasteiger partial charge is 0.467 e. The van der Waals surface area contributed by atoms with Gasteiger partial charge in [-0.3, -0.25) is 9.48 Å². The number of hydrogen-bond donors (Lipinski definition) is 1. The summed E-state index contributed by atoms with van der Waals surface area (Å²) in [5.41, 5.74) is -0.998. The van der Waals surface area contributed by atoms with Crippen LogP contribution >= 0.6 is 0 Å². The molecule has 2 atom stereocenters. The van der Waals surface area contributed by atoms with E-state index in [2.05, 4.69) is 10.4 Å². The zero-order valence-electron chi connectivity index (χ0n) is 11.8. The summed E-state index contributed by atoms with van der Waals surface area (Å²) in [5, 5.41) is 6.78. The second-order valence-corrected chi connectivity index (χ2v) is 4.72. The van der Waals surface area contributed by atoms with Gasteiger partial charge in [-0.05, 0) is 26.3 Å². The average molecular weight is 267 g/mol.